The van der Waals surface area contributed by atoms with Crippen molar-refractivity contribution in [3.05, 3.63) is 24.3 Å². The van der Waals surface area contributed by atoms with Gasteiger partial charge in [0, 0.05) is 0 Å². The van der Waals surface area contributed by atoms with Gasteiger partial charge in [0.15, 0.2) is 0 Å². The van der Waals surface area contributed by atoms with E-state index < -0.39 is 0 Å². The van der Waals surface area contributed by atoms with Gasteiger partial charge < -0.3 is 4.74 Å². The molecule has 1 spiro atoms. The Balaban J connectivity index is 2.17. The lowest BCUT2D eigenvalue weighted by Crippen LogP contribution is -2.27. The molecule has 0 aromatic carbocycles. The van der Waals surface area contributed by atoms with Crippen LogP contribution in [0.1, 0.15) is 26.2 Å². The zero-order valence-electron chi connectivity index (χ0n) is 6.92. The van der Waals surface area contributed by atoms with E-state index in [2.05, 4.69) is 31.2 Å². The van der Waals surface area contributed by atoms with E-state index in [1.54, 1.807) is 0 Å². The molecule has 0 saturated heterocycles. The van der Waals surface area contributed by atoms with Crippen LogP contribution in [0.4, 0.5) is 0 Å². The van der Waals surface area contributed by atoms with Crippen LogP contribution in [0.15, 0.2) is 24.3 Å². The number of allylic oxidation sites excluding steroid dienone is 1. The molecule has 0 aromatic heterocycles. The normalized spacial score (nSPS) is 42.1. The lowest BCUT2D eigenvalue weighted by Gasteiger charge is -2.27. The van der Waals surface area contributed by atoms with Crippen molar-refractivity contribution in [2.24, 2.45) is 0 Å². The summed E-state index contributed by atoms with van der Waals surface area (Å²) < 4.78 is 5.79. The fourth-order valence-electron chi connectivity index (χ4n) is 1.82. The summed E-state index contributed by atoms with van der Waals surface area (Å²) in [7, 11) is 0. The molecule has 1 heteroatoms. The van der Waals surface area contributed by atoms with Crippen LogP contribution in [0.2, 0.25) is 0 Å². The minimum absolute atomic E-state index is 0.0162. The third kappa shape index (κ3) is 1.25. The van der Waals surface area contributed by atoms with E-state index in [1.165, 1.54) is 12.8 Å². The summed E-state index contributed by atoms with van der Waals surface area (Å²) in [6.45, 7) is 2.09. The van der Waals surface area contributed by atoms with E-state index >= 15 is 0 Å². The van der Waals surface area contributed by atoms with Gasteiger partial charge in [0.25, 0.3) is 0 Å². The monoisotopic (exact) mass is 150 g/mol. The minimum Gasteiger partial charge on any atom is -0.360 e. The number of hydrogen-bond donors (Lipinski definition) is 0. The lowest BCUT2D eigenvalue weighted by molar-refractivity contribution is 0.00859. The summed E-state index contributed by atoms with van der Waals surface area (Å²) in [5, 5.41) is 0. The first-order chi connectivity index (χ1) is 5.31. The maximum atomic E-state index is 5.79. The van der Waals surface area contributed by atoms with Gasteiger partial charge in [0.05, 0.1) is 6.10 Å². The van der Waals surface area contributed by atoms with Crippen LogP contribution in [-0.4, -0.2) is 11.7 Å². The molecular formula is C10H14O. The summed E-state index contributed by atoms with van der Waals surface area (Å²) in [5.41, 5.74) is -0.0162. The van der Waals surface area contributed by atoms with Gasteiger partial charge in [-0.15, -0.1) is 0 Å². The molecule has 1 heterocycles. The molecule has 11 heavy (non-hydrogen) atoms. The molecule has 0 amide bonds. The van der Waals surface area contributed by atoms with Crippen molar-refractivity contribution in [3.8, 4) is 0 Å². The van der Waals surface area contributed by atoms with Crippen molar-refractivity contribution in [1.29, 1.82) is 0 Å². The molecule has 2 rings (SSSR count). The molecule has 2 aliphatic rings. The number of hydrogen-bond acceptors (Lipinski definition) is 1. The zero-order chi connectivity index (χ0) is 7.73. The van der Waals surface area contributed by atoms with E-state index in [9.17, 15) is 0 Å². The van der Waals surface area contributed by atoms with Crippen LogP contribution >= 0.6 is 0 Å². The van der Waals surface area contributed by atoms with Gasteiger partial charge in [-0.3, -0.25) is 0 Å². The molecule has 0 saturated carbocycles. The predicted octanol–water partition coefficient (Wildman–Crippen LogP) is 2.44. The van der Waals surface area contributed by atoms with Crippen molar-refractivity contribution in [2.75, 3.05) is 0 Å². The van der Waals surface area contributed by atoms with E-state index in [0.717, 1.165) is 6.42 Å². The number of rotatable bonds is 0. The number of ether oxygens (including phenoxy) is 1. The summed E-state index contributed by atoms with van der Waals surface area (Å²) in [6.07, 6.45) is 12.7. The van der Waals surface area contributed by atoms with E-state index in [0.29, 0.717) is 6.10 Å². The summed E-state index contributed by atoms with van der Waals surface area (Å²) in [4.78, 5) is 0. The average molecular weight is 150 g/mol. The largest absolute Gasteiger partial charge is 0.360 e. The maximum absolute atomic E-state index is 5.79. The maximum Gasteiger partial charge on any atom is 0.105 e. The van der Waals surface area contributed by atoms with Gasteiger partial charge in [0.1, 0.15) is 5.60 Å². The molecule has 0 bridgehead atoms. The van der Waals surface area contributed by atoms with Crippen molar-refractivity contribution >= 4 is 0 Å². The Kier molecular flexibility index (Phi) is 1.61. The van der Waals surface area contributed by atoms with Crippen LogP contribution in [0.25, 0.3) is 0 Å². The van der Waals surface area contributed by atoms with E-state index in [1.807, 2.05) is 0 Å². The first-order valence-electron chi connectivity index (χ1n) is 4.36. The quantitative estimate of drug-likeness (QED) is 0.482. The molecular weight excluding hydrogens is 136 g/mol. The molecule has 1 aliphatic heterocycles. The standard InChI is InChI=1S/C10H14O/c1-9-5-8-10(11-9)6-3-2-4-7-10/h3,5-6,8-9H,2,4,7H2,1H3. The Morgan fingerprint density at radius 1 is 1.45 bits per heavy atom. The highest BCUT2D eigenvalue weighted by Crippen LogP contribution is 2.32. The van der Waals surface area contributed by atoms with Crippen molar-refractivity contribution in [1.82, 2.24) is 0 Å². The van der Waals surface area contributed by atoms with Gasteiger partial charge in [-0.05, 0) is 26.2 Å². The van der Waals surface area contributed by atoms with Crippen LogP contribution < -0.4 is 0 Å². The third-order valence-corrected chi connectivity index (χ3v) is 2.39. The Labute approximate surface area is 67.7 Å². The Morgan fingerprint density at radius 3 is 2.91 bits per heavy atom. The summed E-state index contributed by atoms with van der Waals surface area (Å²) >= 11 is 0. The molecule has 1 nitrogen and oxygen atoms in total. The van der Waals surface area contributed by atoms with Gasteiger partial charge >= 0.3 is 0 Å². The molecule has 2 unspecified atom stereocenters. The summed E-state index contributed by atoms with van der Waals surface area (Å²) in [5.74, 6) is 0. The van der Waals surface area contributed by atoms with Gasteiger partial charge in [-0.1, -0.05) is 24.3 Å². The van der Waals surface area contributed by atoms with Gasteiger partial charge in [-0.2, -0.15) is 0 Å². The molecule has 0 fully saturated rings. The smallest absolute Gasteiger partial charge is 0.105 e. The topological polar surface area (TPSA) is 9.23 Å². The van der Waals surface area contributed by atoms with Gasteiger partial charge in [-0.25, -0.2) is 0 Å². The third-order valence-electron chi connectivity index (χ3n) is 2.39. The molecule has 1 aliphatic carbocycles. The Morgan fingerprint density at radius 2 is 2.36 bits per heavy atom. The van der Waals surface area contributed by atoms with E-state index in [-0.39, 0.29) is 5.60 Å². The van der Waals surface area contributed by atoms with Crippen LogP contribution in [0.3, 0.4) is 0 Å². The van der Waals surface area contributed by atoms with Crippen LogP contribution in [0.5, 0.6) is 0 Å². The van der Waals surface area contributed by atoms with E-state index in [4.69, 9.17) is 4.74 Å². The minimum atomic E-state index is -0.0162. The van der Waals surface area contributed by atoms with Crippen molar-refractivity contribution in [3.63, 3.8) is 0 Å². The highest BCUT2D eigenvalue weighted by molar-refractivity contribution is 5.22. The van der Waals surface area contributed by atoms with Crippen molar-refractivity contribution in [2.45, 2.75) is 37.9 Å². The van der Waals surface area contributed by atoms with Gasteiger partial charge in [0.2, 0.25) is 0 Å². The summed E-state index contributed by atoms with van der Waals surface area (Å²) in [6, 6.07) is 0. The second kappa shape index (κ2) is 2.49. The second-order valence-electron chi connectivity index (χ2n) is 3.43. The second-order valence-corrected chi connectivity index (χ2v) is 3.43. The first kappa shape index (κ1) is 7.11. The molecule has 0 aromatic rings. The SMILES string of the molecule is CC1C=CC2(C=CCCC2)O1. The lowest BCUT2D eigenvalue weighted by atomic mass is 9.91. The van der Waals surface area contributed by atoms with Crippen LogP contribution in [-0.2, 0) is 4.74 Å². The highest BCUT2D eigenvalue weighted by atomic mass is 16.5. The Hall–Kier alpha value is -0.560. The van der Waals surface area contributed by atoms with Crippen LogP contribution in [0, 0.1) is 0 Å². The Bertz CT molecular complexity index is 205. The first-order valence-corrected chi connectivity index (χ1v) is 4.36. The van der Waals surface area contributed by atoms with Crippen molar-refractivity contribution < 1.29 is 4.74 Å². The predicted molar refractivity (Wildman–Crippen MR) is 45.4 cm³/mol. The fourth-order valence-corrected chi connectivity index (χ4v) is 1.82. The zero-order valence-corrected chi connectivity index (χ0v) is 6.92. The molecule has 60 valence electrons. The average Bonchev–Trinajstić information content (AvgIpc) is 2.34. The highest BCUT2D eigenvalue weighted by Gasteiger charge is 2.31. The fraction of sp³-hybridized carbons (Fsp3) is 0.600. The molecule has 0 N–H and O–H groups in total. The molecule has 2 atom stereocenters. The molecule has 0 radical (unpaired) electrons.